The maximum absolute atomic E-state index is 12.8. The Labute approximate surface area is 164 Å². The SMILES string of the molecule is COc1cc(OC)cc(C(=O)N2CCC(CNC(=O)c3cccnc3)CC2)c1. The second-order valence-corrected chi connectivity index (χ2v) is 6.79. The van der Waals surface area contributed by atoms with Gasteiger partial charge in [0.05, 0.1) is 19.8 Å². The molecule has 0 bridgehead atoms. The van der Waals surface area contributed by atoms with Crippen molar-refractivity contribution in [3.63, 3.8) is 0 Å². The van der Waals surface area contributed by atoms with Crippen LogP contribution >= 0.6 is 0 Å². The minimum atomic E-state index is -0.116. The molecule has 2 amide bonds. The smallest absolute Gasteiger partial charge is 0.254 e. The Morgan fingerprint density at radius 1 is 1.11 bits per heavy atom. The number of benzene rings is 1. The summed E-state index contributed by atoms with van der Waals surface area (Å²) in [6, 6.07) is 8.68. The Hall–Kier alpha value is -3.09. The van der Waals surface area contributed by atoms with Crippen LogP contribution in [0.5, 0.6) is 11.5 Å². The molecule has 2 aromatic rings. The molecule has 28 heavy (non-hydrogen) atoms. The summed E-state index contributed by atoms with van der Waals surface area (Å²) in [6.45, 7) is 1.92. The number of nitrogens with one attached hydrogen (secondary N) is 1. The van der Waals surface area contributed by atoms with Crippen LogP contribution in [0.4, 0.5) is 0 Å². The highest BCUT2D eigenvalue weighted by molar-refractivity contribution is 5.95. The Morgan fingerprint density at radius 3 is 2.36 bits per heavy atom. The summed E-state index contributed by atoms with van der Waals surface area (Å²) in [4.78, 5) is 30.8. The van der Waals surface area contributed by atoms with Crippen molar-refractivity contribution in [1.82, 2.24) is 15.2 Å². The second kappa shape index (κ2) is 9.21. The van der Waals surface area contributed by atoms with Gasteiger partial charge in [0, 0.05) is 43.7 Å². The summed E-state index contributed by atoms with van der Waals surface area (Å²) >= 11 is 0. The van der Waals surface area contributed by atoms with Crippen molar-refractivity contribution in [2.75, 3.05) is 33.9 Å². The first-order chi connectivity index (χ1) is 13.6. The minimum absolute atomic E-state index is 0.0324. The number of rotatable bonds is 6. The number of carbonyl (C=O) groups excluding carboxylic acids is 2. The molecule has 7 nitrogen and oxygen atoms in total. The summed E-state index contributed by atoms with van der Waals surface area (Å²) in [7, 11) is 3.13. The van der Waals surface area contributed by atoms with E-state index in [0.29, 0.717) is 48.2 Å². The maximum atomic E-state index is 12.8. The van der Waals surface area contributed by atoms with Gasteiger partial charge in [-0.2, -0.15) is 0 Å². The first-order valence-corrected chi connectivity index (χ1v) is 9.31. The Kier molecular flexibility index (Phi) is 6.47. The number of pyridine rings is 1. The molecule has 1 aliphatic rings. The van der Waals surface area contributed by atoms with Crippen molar-refractivity contribution in [3.8, 4) is 11.5 Å². The van der Waals surface area contributed by atoms with Gasteiger partial charge in [0.25, 0.3) is 11.8 Å². The van der Waals surface area contributed by atoms with Crippen LogP contribution in [-0.4, -0.2) is 55.6 Å². The molecule has 0 atom stereocenters. The van der Waals surface area contributed by atoms with Crippen LogP contribution in [-0.2, 0) is 0 Å². The lowest BCUT2D eigenvalue weighted by Gasteiger charge is -2.32. The Morgan fingerprint density at radius 2 is 1.79 bits per heavy atom. The van der Waals surface area contributed by atoms with E-state index in [2.05, 4.69) is 10.3 Å². The monoisotopic (exact) mass is 383 g/mol. The zero-order chi connectivity index (χ0) is 19.9. The van der Waals surface area contributed by atoms with Crippen LogP contribution in [0.2, 0.25) is 0 Å². The normalized spacial score (nSPS) is 14.4. The minimum Gasteiger partial charge on any atom is -0.497 e. The zero-order valence-corrected chi connectivity index (χ0v) is 16.2. The van der Waals surface area contributed by atoms with E-state index in [4.69, 9.17) is 9.47 Å². The fourth-order valence-electron chi connectivity index (χ4n) is 3.29. The molecule has 1 saturated heterocycles. The summed E-state index contributed by atoms with van der Waals surface area (Å²) in [5.41, 5.74) is 1.11. The molecule has 0 unspecified atom stereocenters. The van der Waals surface area contributed by atoms with Crippen LogP contribution in [0.1, 0.15) is 33.6 Å². The van der Waals surface area contributed by atoms with Crippen molar-refractivity contribution >= 4 is 11.8 Å². The molecule has 1 aliphatic heterocycles. The number of amides is 2. The number of ether oxygens (including phenoxy) is 2. The number of piperidine rings is 1. The third kappa shape index (κ3) is 4.79. The number of hydrogen-bond donors (Lipinski definition) is 1. The highest BCUT2D eigenvalue weighted by Gasteiger charge is 2.24. The number of carbonyl (C=O) groups is 2. The van der Waals surface area contributed by atoms with E-state index >= 15 is 0 Å². The molecule has 1 N–H and O–H groups in total. The summed E-state index contributed by atoms with van der Waals surface area (Å²) in [5, 5.41) is 2.96. The largest absolute Gasteiger partial charge is 0.497 e. The molecule has 0 spiro atoms. The maximum Gasteiger partial charge on any atom is 0.254 e. The van der Waals surface area contributed by atoms with Crippen LogP contribution < -0.4 is 14.8 Å². The molecule has 1 fully saturated rings. The Bertz CT molecular complexity index is 795. The van der Waals surface area contributed by atoms with E-state index in [-0.39, 0.29) is 11.8 Å². The predicted molar refractivity (Wildman–Crippen MR) is 105 cm³/mol. The molecule has 0 saturated carbocycles. The number of likely N-dealkylation sites (tertiary alicyclic amines) is 1. The average Bonchev–Trinajstić information content (AvgIpc) is 2.77. The highest BCUT2D eigenvalue weighted by Crippen LogP contribution is 2.25. The molecule has 1 aromatic heterocycles. The van der Waals surface area contributed by atoms with Gasteiger partial charge in [-0.05, 0) is 43.0 Å². The lowest BCUT2D eigenvalue weighted by atomic mass is 9.96. The fraction of sp³-hybridized carbons (Fsp3) is 0.381. The van der Waals surface area contributed by atoms with E-state index in [0.717, 1.165) is 12.8 Å². The highest BCUT2D eigenvalue weighted by atomic mass is 16.5. The fourth-order valence-corrected chi connectivity index (χ4v) is 3.29. The number of methoxy groups -OCH3 is 2. The van der Waals surface area contributed by atoms with Gasteiger partial charge < -0.3 is 19.7 Å². The van der Waals surface area contributed by atoms with Gasteiger partial charge in [-0.1, -0.05) is 0 Å². The van der Waals surface area contributed by atoms with E-state index in [1.807, 2.05) is 4.90 Å². The van der Waals surface area contributed by atoms with Crippen LogP contribution in [0.15, 0.2) is 42.7 Å². The predicted octanol–water partition coefficient (Wildman–Crippen LogP) is 2.38. The van der Waals surface area contributed by atoms with Gasteiger partial charge >= 0.3 is 0 Å². The van der Waals surface area contributed by atoms with E-state index < -0.39 is 0 Å². The lowest BCUT2D eigenvalue weighted by molar-refractivity contribution is 0.0683. The van der Waals surface area contributed by atoms with Crippen LogP contribution in [0.3, 0.4) is 0 Å². The van der Waals surface area contributed by atoms with Gasteiger partial charge in [-0.25, -0.2) is 0 Å². The molecule has 1 aromatic carbocycles. The van der Waals surface area contributed by atoms with Gasteiger partial charge in [0.1, 0.15) is 11.5 Å². The first-order valence-electron chi connectivity index (χ1n) is 9.31. The summed E-state index contributed by atoms with van der Waals surface area (Å²) in [5.74, 6) is 1.39. The van der Waals surface area contributed by atoms with Crippen molar-refractivity contribution in [2.24, 2.45) is 5.92 Å². The average molecular weight is 383 g/mol. The molecule has 0 aliphatic carbocycles. The zero-order valence-electron chi connectivity index (χ0n) is 16.2. The molecule has 2 heterocycles. The molecule has 148 valence electrons. The number of nitrogens with zero attached hydrogens (tertiary/aromatic N) is 2. The van der Waals surface area contributed by atoms with E-state index in [1.165, 1.54) is 0 Å². The molecular weight excluding hydrogens is 358 g/mol. The third-order valence-electron chi connectivity index (χ3n) is 4.98. The van der Waals surface area contributed by atoms with Gasteiger partial charge in [-0.3, -0.25) is 14.6 Å². The van der Waals surface area contributed by atoms with Crippen LogP contribution in [0, 0.1) is 5.92 Å². The standard InChI is InChI=1S/C21H25N3O4/c1-27-18-10-17(11-19(12-18)28-2)21(26)24-8-5-15(6-9-24)13-23-20(25)16-4-3-7-22-14-16/h3-4,7,10-12,14-15H,5-6,8-9,13H2,1-2H3,(H,23,25). The number of hydrogen-bond acceptors (Lipinski definition) is 5. The van der Waals surface area contributed by atoms with Gasteiger partial charge in [0.15, 0.2) is 0 Å². The third-order valence-corrected chi connectivity index (χ3v) is 4.98. The molecule has 0 radical (unpaired) electrons. The topological polar surface area (TPSA) is 80.8 Å². The molecule has 7 heteroatoms. The van der Waals surface area contributed by atoms with Crippen LogP contribution in [0.25, 0.3) is 0 Å². The van der Waals surface area contributed by atoms with E-state index in [1.54, 1.807) is 56.9 Å². The molecule has 3 rings (SSSR count). The van der Waals surface area contributed by atoms with Gasteiger partial charge in [-0.15, -0.1) is 0 Å². The second-order valence-electron chi connectivity index (χ2n) is 6.79. The molecular formula is C21H25N3O4. The lowest BCUT2D eigenvalue weighted by Crippen LogP contribution is -2.41. The van der Waals surface area contributed by atoms with Crippen molar-refractivity contribution in [3.05, 3.63) is 53.9 Å². The van der Waals surface area contributed by atoms with Crippen molar-refractivity contribution in [1.29, 1.82) is 0 Å². The Balaban J connectivity index is 1.52. The number of aromatic nitrogens is 1. The summed E-state index contributed by atoms with van der Waals surface area (Å²) < 4.78 is 10.5. The van der Waals surface area contributed by atoms with Crippen molar-refractivity contribution in [2.45, 2.75) is 12.8 Å². The first kappa shape index (κ1) is 19.7. The van der Waals surface area contributed by atoms with Gasteiger partial charge in [0.2, 0.25) is 0 Å². The quantitative estimate of drug-likeness (QED) is 0.828. The van der Waals surface area contributed by atoms with E-state index in [9.17, 15) is 9.59 Å². The summed E-state index contributed by atoms with van der Waals surface area (Å²) in [6.07, 6.45) is 4.89. The van der Waals surface area contributed by atoms with Crippen molar-refractivity contribution < 1.29 is 19.1 Å².